The van der Waals surface area contributed by atoms with Crippen LogP contribution in [0.4, 0.5) is 10.5 Å². The van der Waals surface area contributed by atoms with Gasteiger partial charge in [0.15, 0.2) is 0 Å². The number of nitrogens with zero attached hydrogens (tertiary/aromatic N) is 1. The summed E-state index contributed by atoms with van der Waals surface area (Å²) in [6, 6.07) is 7.01. The summed E-state index contributed by atoms with van der Waals surface area (Å²) in [4.78, 5) is 25.1. The lowest BCUT2D eigenvalue weighted by molar-refractivity contribution is 0.0483. The SMILES string of the molecule is CN(C)c1ccc(C(=O)NNC(=O)OC(C)(C)C)cc1. The highest BCUT2D eigenvalue weighted by molar-refractivity contribution is 5.95. The van der Waals surface area contributed by atoms with Gasteiger partial charge < -0.3 is 9.64 Å². The van der Waals surface area contributed by atoms with Crippen molar-refractivity contribution in [1.29, 1.82) is 0 Å². The molecule has 110 valence electrons. The number of nitrogens with one attached hydrogen (secondary N) is 2. The van der Waals surface area contributed by atoms with Gasteiger partial charge in [0.05, 0.1) is 0 Å². The lowest BCUT2D eigenvalue weighted by Crippen LogP contribution is -2.44. The van der Waals surface area contributed by atoms with Crippen LogP contribution in [0.3, 0.4) is 0 Å². The van der Waals surface area contributed by atoms with Crippen molar-refractivity contribution in [2.45, 2.75) is 26.4 Å². The molecule has 0 unspecified atom stereocenters. The molecule has 0 aliphatic heterocycles. The fourth-order valence-corrected chi connectivity index (χ4v) is 1.39. The van der Waals surface area contributed by atoms with Gasteiger partial charge in [-0.05, 0) is 45.0 Å². The van der Waals surface area contributed by atoms with Crippen molar-refractivity contribution in [3.63, 3.8) is 0 Å². The van der Waals surface area contributed by atoms with Crippen molar-refractivity contribution in [2.24, 2.45) is 0 Å². The van der Waals surface area contributed by atoms with Gasteiger partial charge in [-0.3, -0.25) is 10.2 Å². The Labute approximate surface area is 119 Å². The minimum absolute atomic E-state index is 0.402. The molecule has 0 saturated heterocycles. The number of anilines is 1. The van der Waals surface area contributed by atoms with Crippen molar-refractivity contribution in [1.82, 2.24) is 10.9 Å². The van der Waals surface area contributed by atoms with Crippen molar-refractivity contribution >= 4 is 17.7 Å². The first-order valence-electron chi connectivity index (χ1n) is 6.26. The van der Waals surface area contributed by atoms with Crippen molar-refractivity contribution < 1.29 is 14.3 Å². The zero-order valence-corrected chi connectivity index (χ0v) is 12.5. The Bertz CT molecular complexity index is 475. The highest BCUT2D eigenvalue weighted by atomic mass is 16.6. The molecule has 1 rings (SSSR count). The number of hydrazine groups is 1. The normalized spacial score (nSPS) is 10.7. The second-order valence-corrected chi connectivity index (χ2v) is 5.52. The molecule has 0 fully saturated rings. The Morgan fingerprint density at radius 3 is 2.05 bits per heavy atom. The zero-order valence-electron chi connectivity index (χ0n) is 12.5. The third kappa shape index (κ3) is 5.17. The Balaban J connectivity index is 2.53. The summed E-state index contributed by atoms with van der Waals surface area (Å²) in [5.41, 5.74) is 5.33. The van der Waals surface area contributed by atoms with E-state index in [1.807, 2.05) is 31.1 Å². The second-order valence-electron chi connectivity index (χ2n) is 5.52. The summed E-state index contributed by atoms with van der Waals surface area (Å²) in [5.74, 6) is -0.402. The third-order valence-corrected chi connectivity index (χ3v) is 2.32. The molecule has 20 heavy (non-hydrogen) atoms. The Morgan fingerprint density at radius 2 is 1.60 bits per heavy atom. The van der Waals surface area contributed by atoms with E-state index in [4.69, 9.17) is 4.74 Å². The molecule has 0 aliphatic rings. The summed E-state index contributed by atoms with van der Waals surface area (Å²) in [5, 5.41) is 0. The van der Waals surface area contributed by atoms with Gasteiger partial charge in [-0.1, -0.05) is 0 Å². The molecule has 0 heterocycles. The Morgan fingerprint density at radius 1 is 1.05 bits per heavy atom. The van der Waals surface area contributed by atoms with Crippen LogP contribution in [0.1, 0.15) is 31.1 Å². The van der Waals surface area contributed by atoms with E-state index >= 15 is 0 Å². The molecule has 0 aliphatic carbocycles. The van der Waals surface area contributed by atoms with Gasteiger partial charge in [-0.25, -0.2) is 10.2 Å². The van der Waals surface area contributed by atoms with E-state index in [9.17, 15) is 9.59 Å². The van der Waals surface area contributed by atoms with Gasteiger partial charge in [0.1, 0.15) is 5.60 Å². The highest BCUT2D eigenvalue weighted by Gasteiger charge is 2.16. The monoisotopic (exact) mass is 279 g/mol. The van der Waals surface area contributed by atoms with Gasteiger partial charge in [-0.2, -0.15) is 0 Å². The Hall–Kier alpha value is -2.24. The zero-order chi connectivity index (χ0) is 15.3. The van der Waals surface area contributed by atoms with Gasteiger partial charge >= 0.3 is 6.09 Å². The smallest absolute Gasteiger partial charge is 0.426 e. The summed E-state index contributed by atoms with van der Waals surface area (Å²) in [6.45, 7) is 5.23. The molecule has 0 spiro atoms. The van der Waals surface area contributed by atoms with E-state index in [1.54, 1.807) is 32.9 Å². The molecule has 0 aromatic heterocycles. The largest absolute Gasteiger partial charge is 0.443 e. The summed E-state index contributed by atoms with van der Waals surface area (Å²) in [7, 11) is 3.83. The summed E-state index contributed by atoms with van der Waals surface area (Å²) < 4.78 is 5.00. The van der Waals surface area contributed by atoms with Crippen LogP contribution >= 0.6 is 0 Å². The van der Waals surface area contributed by atoms with Crippen LogP contribution in [-0.2, 0) is 4.74 Å². The molecule has 2 amide bonds. The van der Waals surface area contributed by atoms with E-state index in [1.165, 1.54) is 0 Å². The van der Waals surface area contributed by atoms with Gasteiger partial charge in [0.25, 0.3) is 5.91 Å². The van der Waals surface area contributed by atoms with Crippen LogP contribution < -0.4 is 15.8 Å². The molecule has 2 N–H and O–H groups in total. The molecule has 0 atom stereocenters. The van der Waals surface area contributed by atoms with Crippen molar-refractivity contribution in [3.05, 3.63) is 29.8 Å². The number of carbonyl (C=O) groups excluding carboxylic acids is 2. The Kier molecular flexibility index (Phi) is 4.96. The number of carbonyl (C=O) groups is 2. The number of hydrogen-bond acceptors (Lipinski definition) is 4. The minimum Gasteiger partial charge on any atom is -0.443 e. The lowest BCUT2D eigenvalue weighted by atomic mass is 10.2. The molecule has 6 heteroatoms. The van der Waals surface area contributed by atoms with E-state index in [2.05, 4.69) is 10.9 Å². The maximum atomic E-state index is 11.8. The van der Waals surface area contributed by atoms with Crippen LogP contribution in [0.25, 0.3) is 0 Å². The summed E-state index contributed by atoms with van der Waals surface area (Å²) in [6.07, 6.45) is -0.698. The molecule has 1 aromatic carbocycles. The van der Waals surface area contributed by atoms with Crippen LogP contribution in [0.2, 0.25) is 0 Å². The van der Waals surface area contributed by atoms with E-state index in [0.717, 1.165) is 5.69 Å². The number of ether oxygens (including phenoxy) is 1. The number of amides is 2. The van der Waals surface area contributed by atoms with Crippen molar-refractivity contribution in [2.75, 3.05) is 19.0 Å². The highest BCUT2D eigenvalue weighted by Crippen LogP contribution is 2.12. The lowest BCUT2D eigenvalue weighted by Gasteiger charge is -2.19. The van der Waals surface area contributed by atoms with Crippen molar-refractivity contribution in [3.8, 4) is 0 Å². The van der Waals surface area contributed by atoms with Crippen LogP contribution in [0.5, 0.6) is 0 Å². The van der Waals surface area contributed by atoms with Crippen LogP contribution in [-0.4, -0.2) is 31.7 Å². The number of rotatable bonds is 2. The number of hydrogen-bond donors (Lipinski definition) is 2. The first kappa shape index (κ1) is 15.8. The maximum Gasteiger partial charge on any atom is 0.426 e. The number of benzene rings is 1. The predicted octanol–water partition coefficient (Wildman–Crippen LogP) is 1.92. The molecule has 1 aromatic rings. The molecular weight excluding hydrogens is 258 g/mol. The first-order chi connectivity index (χ1) is 9.19. The average Bonchev–Trinajstić information content (AvgIpc) is 2.34. The fraction of sp³-hybridized carbons (Fsp3) is 0.429. The first-order valence-corrected chi connectivity index (χ1v) is 6.26. The topological polar surface area (TPSA) is 70.7 Å². The summed E-state index contributed by atoms with van der Waals surface area (Å²) >= 11 is 0. The van der Waals surface area contributed by atoms with Gasteiger partial charge in [0.2, 0.25) is 0 Å². The van der Waals surface area contributed by atoms with E-state index in [0.29, 0.717) is 5.56 Å². The minimum atomic E-state index is -0.698. The standard InChI is InChI=1S/C14H21N3O3/c1-14(2,3)20-13(19)16-15-12(18)10-6-8-11(9-7-10)17(4)5/h6-9H,1-5H3,(H,15,18)(H,16,19). The van der Waals surface area contributed by atoms with Gasteiger partial charge in [-0.15, -0.1) is 0 Å². The molecule has 0 bridgehead atoms. The average molecular weight is 279 g/mol. The third-order valence-electron chi connectivity index (χ3n) is 2.32. The maximum absolute atomic E-state index is 11.8. The quantitative estimate of drug-likeness (QED) is 0.811. The predicted molar refractivity (Wildman–Crippen MR) is 77.6 cm³/mol. The molecular formula is C14H21N3O3. The molecule has 0 saturated carbocycles. The van der Waals surface area contributed by atoms with Crippen LogP contribution in [0.15, 0.2) is 24.3 Å². The van der Waals surface area contributed by atoms with E-state index < -0.39 is 17.6 Å². The van der Waals surface area contributed by atoms with Crippen LogP contribution in [0, 0.1) is 0 Å². The second kappa shape index (κ2) is 6.27. The fourth-order valence-electron chi connectivity index (χ4n) is 1.39. The van der Waals surface area contributed by atoms with Gasteiger partial charge in [0, 0.05) is 25.3 Å². The molecule has 0 radical (unpaired) electrons. The molecule has 6 nitrogen and oxygen atoms in total. The van der Waals surface area contributed by atoms with E-state index in [-0.39, 0.29) is 0 Å².